The van der Waals surface area contributed by atoms with Crippen LogP contribution in [-0.4, -0.2) is 13.1 Å². The molecule has 1 rings (SSSR count). The molecule has 0 fully saturated rings. The molecule has 1 aromatic carbocycles. The summed E-state index contributed by atoms with van der Waals surface area (Å²) in [6.07, 6.45) is 4.03. The van der Waals surface area contributed by atoms with Gasteiger partial charge in [0.15, 0.2) is 0 Å². The molecule has 108 valence electrons. The third-order valence-corrected chi connectivity index (χ3v) is 3.77. The highest BCUT2D eigenvalue weighted by Gasteiger charge is 2.25. The van der Waals surface area contributed by atoms with Crippen molar-refractivity contribution < 1.29 is 4.39 Å². The van der Waals surface area contributed by atoms with Crippen molar-refractivity contribution in [1.29, 1.82) is 0 Å². The fourth-order valence-corrected chi connectivity index (χ4v) is 2.75. The Kier molecular flexibility index (Phi) is 6.81. The average molecular weight is 286 g/mol. The first-order valence-corrected chi connectivity index (χ1v) is 7.54. The summed E-state index contributed by atoms with van der Waals surface area (Å²) >= 11 is 5.86. The number of rotatable bonds is 8. The van der Waals surface area contributed by atoms with Crippen molar-refractivity contribution in [2.45, 2.75) is 46.5 Å². The van der Waals surface area contributed by atoms with Crippen LogP contribution in [0.25, 0.3) is 0 Å². The van der Waals surface area contributed by atoms with Crippen molar-refractivity contribution in [3.63, 3.8) is 0 Å². The van der Waals surface area contributed by atoms with Crippen LogP contribution in [0.1, 0.15) is 45.6 Å². The first-order chi connectivity index (χ1) is 9.02. The number of hydrogen-bond acceptors (Lipinski definition) is 1. The lowest BCUT2D eigenvalue weighted by atomic mass is 9.79. The van der Waals surface area contributed by atoms with Gasteiger partial charge in [-0.05, 0) is 42.9 Å². The van der Waals surface area contributed by atoms with Gasteiger partial charge in [0.25, 0.3) is 0 Å². The van der Waals surface area contributed by atoms with Gasteiger partial charge in [0.1, 0.15) is 5.82 Å². The van der Waals surface area contributed by atoms with E-state index in [2.05, 4.69) is 26.1 Å². The van der Waals surface area contributed by atoms with Crippen molar-refractivity contribution >= 4 is 11.6 Å². The summed E-state index contributed by atoms with van der Waals surface area (Å²) in [6.45, 7) is 8.48. The summed E-state index contributed by atoms with van der Waals surface area (Å²) in [4.78, 5) is 0. The SMILES string of the molecule is CCCNCC(C)(CCC)Cc1cccc(Cl)c1F. The highest BCUT2D eigenvalue weighted by Crippen LogP contribution is 2.30. The van der Waals surface area contributed by atoms with Crippen LogP contribution in [0.2, 0.25) is 5.02 Å². The predicted molar refractivity (Wildman–Crippen MR) is 81.3 cm³/mol. The molecular weight excluding hydrogens is 261 g/mol. The topological polar surface area (TPSA) is 12.0 Å². The second-order valence-corrected chi connectivity index (χ2v) is 6.03. The van der Waals surface area contributed by atoms with Crippen LogP contribution < -0.4 is 5.32 Å². The van der Waals surface area contributed by atoms with Crippen LogP contribution >= 0.6 is 11.6 Å². The van der Waals surface area contributed by atoms with E-state index in [1.165, 1.54) is 0 Å². The number of nitrogens with one attached hydrogen (secondary N) is 1. The first-order valence-electron chi connectivity index (χ1n) is 7.16. The molecule has 0 heterocycles. The minimum absolute atomic E-state index is 0.0788. The standard InChI is InChI=1S/C16H25ClFN/c1-4-9-16(3,12-19-10-5-2)11-13-7-6-8-14(17)15(13)18/h6-8,19H,4-5,9-12H2,1-3H3. The molecule has 1 N–H and O–H groups in total. The lowest BCUT2D eigenvalue weighted by Crippen LogP contribution is -2.34. The van der Waals surface area contributed by atoms with E-state index >= 15 is 0 Å². The Morgan fingerprint density at radius 2 is 2.00 bits per heavy atom. The lowest BCUT2D eigenvalue weighted by Gasteiger charge is -2.30. The van der Waals surface area contributed by atoms with Gasteiger partial charge in [-0.2, -0.15) is 0 Å². The molecule has 0 aliphatic rings. The highest BCUT2D eigenvalue weighted by molar-refractivity contribution is 6.30. The van der Waals surface area contributed by atoms with E-state index in [4.69, 9.17) is 11.6 Å². The van der Waals surface area contributed by atoms with Crippen molar-refractivity contribution in [1.82, 2.24) is 5.32 Å². The molecule has 0 saturated heterocycles. The molecule has 0 aliphatic carbocycles. The monoisotopic (exact) mass is 285 g/mol. The van der Waals surface area contributed by atoms with E-state index in [0.717, 1.165) is 44.3 Å². The maximum atomic E-state index is 14.0. The molecule has 1 unspecified atom stereocenters. The minimum Gasteiger partial charge on any atom is -0.316 e. The zero-order chi connectivity index (χ0) is 14.3. The predicted octanol–water partition coefficient (Wildman–Crippen LogP) is 4.83. The maximum absolute atomic E-state index is 14.0. The Labute approximate surface area is 121 Å². The third-order valence-electron chi connectivity index (χ3n) is 3.48. The summed E-state index contributed by atoms with van der Waals surface area (Å²) in [5.41, 5.74) is 0.803. The van der Waals surface area contributed by atoms with Gasteiger partial charge in [0.2, 0.25) is 0 Å². The molecule has 0 spiro atoms. The number of halogens is 2. The number of benzene rings is 1. The van der Waals surface area contributed by atoms with Crippen LogP contribution in [0, 0.1) is 11.2 Å². The van der Waals surface area contributed by atoms with Gasteiger partial charge in [0, 0.05) is 6.54 Å². The zero-order valence-electron chi connectivity index (χ0n) is 12.2. The summed E-state index contributed by atoms with van der Waals surface area (Å²) in [6, 6.07) is 5.27. The van der Waals surface area contributed by atoms with E-state index in [-0.39, 0.29) is 16.3 Å². The molecule has 0 radical (unpaired) electrons. The maximum Gasteiger partial charge on any atom is 0.144 e. The van der Waals surface area contributed by atoms with Gasteiger partial charge in [-0.25, -0.2) is 4.39 Å². The smallest absolute Gasteiger partial charge is 0.144 e. The molecule has 19 heavy (non-hydrogen) atoms. The average Bonchev–Trinajstić information content (AvgIpc) is 2.36. The molecular formula is C16H25ClFN. The molecule has 1 aromatic rings. The zero-order valence-corrected chi connectivity index (χ0v) is 13.0. The van der Waals surface area contributed by atoms with Gasteiger partial charge in [-0.3, -0.25) is 0 Å². The fraction of sp³-hybridized carbons (Fsp3) is 0.625. The van der Waals surface area contributed by atoms with Gasteiger partial charge < -0.3 is 5.32 Å². The summed E-state index contributed by atoms with van der Waals surface area (Å²) in [5, 5.41) is 3.68. The largest absolute Gasteiger partial charge is 0.316 e. The van der Waals surface area contributed by atoms with Crippen LogP contribution in [0.4, 0.5) is 4.39 Å². The van der Waals surface area contributed by atoms with Crippen LogP contribution in [0.15, 0.2) is 18.2 Å². The summed E-state index contributed by atoms with van der Waals surface area (Å²) in [5.74, 6) is -0.262. The van der Waals surface area contributed by atoms with Gasteiger partial charge in [-0.1, -0.05) is 50.9 Å². The van der Waals surface area contributed by atoms with E-state index in [9.17, 15) is 4.39 Å². The van der Waals surface area contributed by atoms with Crippen molar-refractivity contribution in [2.75, 3.05) is 13.1 Å². The van der Waals surface area contributed by atoms with Crippen LogP contribution in [0.5, 0.6) is 0 Å². The molecule has 0 aliphatic heterocycles. The molecule has 0 bridgehead atoms. The molecule has 0 amide bonds. The third kappa shape index (κ3) is 5.12. The van der Waals surface area contributed by atoms with E-state index < -0.39 is 0 Å². The Hall–Kier alpha value is -0.600. The quantitative estimate of drug-likeness (QED) is 0.675. The summed E-state index contributed by atoms with van der Waals surface area (Å²) < 4.78 is 14.0. The summed E-state index contributed by atoms with van der Waals surface area (Å²) in [7, 11) is 0. The molecule has 0 aromatic heterocycles. The Morgan fingerprint density at radius 3 is 2.63 bits per heavy atom. The lowest BCUT2D eigenvalue weighted by molar-refractivity contribution is 0.272. The minimum atomic E-state index is -0.262. The van der Waals surface area contributed by atoms with Gasteiger partial charge >= 0.3 is 0 Å². The second kappa shape index (κ2) is 7.86. The normalized spacial score (nSPS) is 14.4. The van der Waals surface area contributed by atoms with Crippen LogP contribution in [0.3, 0.4) is 0 Å². The Balaban J connectivity index is 2.79. The number of hydrogen-bond donors (Lipinski definition) is 1. The van der Waals surface area contributed by atoms with Gasteiger partial charge in [0.05, 0.1) is 5.02 Å². The molecule has 1 atom stereocenters. The van der Waals surface area contributed by atoms with E-state index in [0.29, 0.717) is 0 Å². The van der Waals surface area contributed by atoms with E-state index in [1.54, 1.807) is 6.07 Å². The molecule has 1 nitrogen and oxygen atoms in total. The van der Waals surface area contributed by atoms with Crippen molar-refractivity contribution in [3.05, 3.63) is 34.6 Å². The Bertz CT molecular complexity index is 394. The molecule has 3 heteroatoms. The highest BCUT2D eigenvalue weighted by atomic mass is 35.5. The Morgan fingerprint density at radius 1 is 1.26 bits per heavy atom. The van der Waals surface area contributed by atoms with Crippen molar-refractivity contribution in [2.24, 2.45) is 5.41 Å². The second-order valence-electron chi connectivity index (χ2n) is 5.63. The first kappa shape index (κ1) is 16.5. The molecule has 0 saturated carbocycles. The van der Waals surface area contributed by atoms with Crippen LogP contribution in [-0.2, 0) is 6.42 Å². The van der Waals surface area contributed by atoms with E-state index in [1.807, 2.05) is 12.1 Å². The fourth-order valence-electron chi connectivity index (χ4n) is 2.55. The van der Waals surface area contributed by atoms with Crippen molar-refractivity contribution in [3.8, 4) is 0 Å². The van der Waals surface area contributed by atoms with Gasteiger partial charge in [-0.15, -0.1) is 0 Å².